The molecule has 0 bridgehead atoms. The van der Waals surface area contributed by atoms with Crippen LogP contribution in [0.1, 0.15) is 46.0 Å². The van der Waals surface area contributed by atoms with E-state index in [9.17, 15) is 8.78 Å². The molecule has 0 aromatic carbocycles. The topological polar surface area (TPSA) is 0 Å². The van der Waals surface area contributed by atoms with Crippen LogP contribution in [-0.2, 0) is 0 Å². The van der Waals surface area contributed by atoms with E-state index >= 15 is 0 Å². The van der Waals surface area contributed by atoms with Crippen LogP contribution in [0.5, 0.6) is 0 Å². The molecule has 1 aliphatic carbocycles. The third-order valence-electron chi connectivity index (χ3n) is 3.13. The van der Waals surface area contributed by atoms with Crippen molar-refractivity contribution in [1.82, 2.24) is 0 Å². The van der Waals surface area contributed by atoms with Crippen LogP contribution in [-0.4, -0.2) is 5.92 Å². The third kappa shape index (κ3) is 2.43. The molecule has 1 rings (SSSR count). The van der Waals surface area contributed by atoms with Crippen molar-refractivity contribution >= 4 is 0 Å². The van der Waals surface area contributed by atoms with E-state index in [1.54, 1.807) is 0 Å². The first kappa shape index (κ1) is 9.94. The van der Waals surface area contributed by atoms with Gasteiger partial charge in [-0.2, -0.15) is 0 Å². The Morgan fingerprint density at radius 3 is 2.67 bits per heavy atom. The maximum atomic E-state index is 13.0. The fraction of sp³-hybridized carbons (Fsp3) is 1.00. The summed E-state index contributed by atoms with van der Waals surface area (Å²) < 4.78 is 25.9. The van der Waals surface area contributed by atoms with Gasteiger partial charge in [0.05, 0.1) is 0 Å². The Balaban J connectivity index is 2.46. The highest BCUT2D eigenvalue weighted by molar-refractivity contribution is 4.80. The molecule has 0 aromatic heterocycles. The average Bonchev–Trinajstić information content (AvgIpc) is 2.01. The van der Waals surface area contributed by atoms with Crippen molar-refractivity contribution in [3.63, 3.8) is 0 Å². The molecule has 0 amide bonds. The van der Waals surface area contributed by atoms with E-state index in [1.807, 2.05) is 0 Å². The van der Waals surface area contributed by atoms with Gasteiger partial charge in [-0.05, 0) is 24.7 Å². The molecule has 72 valence electrons. The van der Waals surface area contributed by atoms with Crippen LogP contribution in [0.25, 0.3) is 0 Å². The maximum Gasteiger partial charge on any atom is 0.248 e. The standard InChI is InChI=1S/C10H18F2/c1-3-8(2)9-5-4-6-10(11,12)7-9/h8-9H,3-7H2,1-2H3. The lowest BCUT2D eigenvalue weighted by Gasteiger charge is -2.32. The predicted octanol–water partition coefficient (Wildman–Crippen LogP) is 3.86. The summed E-state index contributed by atoms with van der Waals surface area (Å²) in [5.41, 5.74) is 0. The molecule has 2 atom stereocenters. The minimum absolute atomic E-state index is 0.111. The highest BCUT2D eigenvalue weighted by Crippen LogP contribution is 2.40. The fourth-order valence-electron chi connectivity index (χ4n) is 2.03. The van der Waals surface area contributed by atoms with Crippen LogP contribution >= 0.6 is 0 Å². The lowest BCUT2D eigenvalue weighted by atomic mass is 9.78. The van der Waals surface area contributed by atoms with Gasteiger partial charge in [0.15, 0.2) is 0 Å². The lowest BCUT2D eigenvalue weighted by molar-refractivity contribution is -0.0609. The first-order valence-corrected chi connectivity index (χ1v) is 4.93. The molecule has 1 aliphatic rings. The largest absolute Gasteiger partial charge is 0.248 e. The van der Waals surface area contributed by atoms with Crippen molar-refractivity contribution in [3.8, 4) is 0 Å². The van der Waals surface area contributed by atoms with E-state index in [-0.39, 0.29) is 18.8 Å². The molecule has 1 fully saturated rings. The Morgan fingerprint density at radius 1 is 1.50 bits per heavy atom. The molecule has 0 N–H and O–H groups in total. The molecule has 0 aliphatic heterocycles. The second-order valence-corrected chi connectivity index (χ2v) is 4.10. The van der Waals surface area contributed by atoms with Gasteiger partial charge in [-0.25, -0.2) is 8.78 Å². The van der Waals surface area contributed by atoms with Crippen LogP contribution in [0, 0.1) is 11.8 Å². The summed E-state index contributed by atoms with van der Waals surface area (Å²) in [4.78, 5) is 0. The van der Waals surface area contributed by atoms with Gasteiger partial charge in [0, 0.05) is 12.8 Å². The van der Waals surface area contributed by atoms with Gasteiger partial charge >= 0.3 is 0 Å². The Kier molecular flexibility index (Phi) is 3.08. The number of alkyl halides is 2. The lowest BCUT2D eigenvalue weighted by Crippen LogP contribution is -2.29. The zero-order valence-corrected chi connectivity index (χ0v) is 7.95. The number of halogens is 2. The quantitative estimate of drug-likeness (QED) is 0.599. The van der Waals surface area contributed by atoms with E-state index in [0.717, 1.165) is 12.8 Å². The van der Waals surface area contributed by atoms with Gasteiger partial charge in [0.1, 0.15) is 0 Å². The summed E-state index contributed by atoms with van der Waals surface area (Å²) in [7, 11) is 0. The Hall–Kier alpha value is -0.140. The monoisotopic (exact) mass is 176 g/mol. The third-order valence-corrected chi connectivity index (χ3v) is 3.13. The number of hydrogen-bond acceptors (Lipinski definition) is 0. The van der Waals surface area contributed by atoms with Gasteiger partial charge in [0.25, 0.3) is 0 Å². The van der Waals surface area contributed by atoms with Crippen molar-refractivity contribution in [2.75, 3.05) is 0 Å². The summed E-state index contributed by atoms with van der Waals surface area (Å²) >= 11 is 0. The Bertz CT molecular complexity index is 143. The van der Waals surface area contributed by atoms with Crippen molar-refractivity contribution in [2.24, 2.45) is 11.8 Å². The Labute approximate surface area is 73.3 Å². The van der Waals surface area contributed by atoms with Crippen LogP contribution in [0.3, 0.4) is 0 Å². The van der Waals surface area contributed by atoms with Crippen molar-refractivity contribution in [3.05, 3.63) is 0 Å². The van der Waals surface area contributed by atoms with Crippen LogP contribution in [0.4, 0.5) is 8.78 Å². The van der Waals surface area contributed by atoms with Gasteiger partial charge in [0.2, 0.25) is 5.92 Å². The first-order valence-electron chi connectivity index (χ1n) is 4.93. The molecule has 2 unspecified atom stereocenters. The summed E-state index contributed by atoms with van der Waals surface area (Å²) in [5.74, 6) is -1.64. The number of rotatable bonds is 2. The summed E-state index contributed by atoms with van der Waals surface area (Å²) in [6.07, 6.45) is 2.98. The van der Waals surface area contributed by atoms with Gasteiger partial charge < -0.3 is 0 Å². The SMILES string of the molecule is CCC(C)C1CCCC(F)(F)C1. The van der Waals surface area contributed by atoms with E-state index in [1.165, 1.54) is 0 Å². The highest BCUT2D eigenvalue weighted by atomic mass is 19.3. The predicted molar refractivity (Wildman–Crippen MR) is 46.4 cm³/mol. The second kappa shape index (κ2) is 3.71. The van der Waals surface area contributed by atoms with Crippen LogP contribution in [0.2, 0.25) is 0 Å². The van der Waals surface area contributed by atoms with Crippen molar-refractivity contribution in [2.45, 2.75) is 51.9 Å². The van der Waals surface area contributed by atoms with Crippen LogP contribution < -0.4 is 0 Å². The molecule has 2 heteroatoms. The average molecular weight is 176 g/mol. The molecule has 0 saturated heterocycles. The van der Waals surface area contributed by atoms with Gasteiger partial charge in [-0.3, -0.25) is 0 Å². The molecular formula is C10H18F2. The van der Waals surface area contributed by atoms with E-state index in [4.69, 9.17) is 0 Å². The van der Waals surface area contributed by atoms with Gasteiger partial charge in [-0.15, -0.1) is 0 Å². The highest BCUT2D eigenvalue weighted by Gasteiger charge is 2.37. The van der Waals surface area contributed by atoms with E-state index in [2.05, 4.69) is 13.8 Å². The van der Waals surface area contributed by atoms with E-state index in [0.29, 0.717) is 12.3 Å². The van der Waals surface area contributed by atoms with E-state index < -0.39 is 5.92 Å². The zero-order chi connectivity index (χ0) is 9.19. The maximum absolute atomic E-state index is 13.0. The summed E-state index contributed by atoms with van der Waals surface area (Å²) in [6, 6.07) is 0. The zero-order valence-electron chi connectivity index (χ0n) is 7.95. The fourth-order valence-corrected chi connectivity index (χ4v) is 2.03. The second-order valence-electron chi connectivity index (χ2n) is 4.10. The first-order chi connectivity index (χ1) is 5.55. The van der Waals surface area contributed by atoms with Crippen molar-refractivity contribution in [1.29, 1.82) is 0 Å². The molecule has 0 spiro atoms. The Morgan fingerprint density at radius 2 is 2.17 bits per heavy atom. The molecule has 0 radical (unpaired) electrons. The molecule has 12 heavy (non-hydrogen) atoms. The molecule has 0 heterocycles. The smallest absolute Gasteiger partial charge is 0.207 e. The van der Waals surface area contributed by atoms with Crippen molar-refractivity contribution < 1.29 is 8.78 Å². The summed E-state index contributed by atoms with van der Waals surface area (Å²) in [5, 5.41) is 0. The normalized spacial score (nSPS) is 31.5. The molecule has 1 saturated carbocycles. The minimum Gasteiger partial charge on any atom is -0.207 e. The molecular weight excluding hydrogens is 158 g/mol. The number of hydrogen-bond donors (Lipinski definition) is 0. The van der Waals surface area contributed by atoms with Crippen LogP contribution in [0.15, 0.2) is 0 Å². The molecule has 0 nitrogen and oxygen atoms in total. The van der Waals surface area contributed by atoms with Gasteiger partial charge in [-0.1, -0.05) is 20.3 Å². The molecule has 0 aromatic rings. The summed E-state index contributed by atoms with van der Waals surface area (Å²) in [6.45, 7) is 4.17. The minimum atomic E-state index is -2.37.